The molecule has 0 unspecified atom stereocenters. The van der Waals surface area contributed by atoms with Crippen molar-refractivity contribution in [2.45, 2.75) is 6.54 Å². The number of benzene rings is 1. The van der Waals surface area contributed by atoms with Gasteiger partial charge in [-0.1, -0.05) is 23.7 Å². The first-order valence-corrected chi connectivity index (χ1v) is 6.35. The van der Waals surface area contributed by atoms with Crippen LogP contribution in [0, 0.1) is 10.1 Å². The average molecular weight is 313 g/mol. The van der Waals surface area contributed by atoms with Crippen molar-refractivity contribution >= 4 is 34.7 Å². The first kappa shape index (κ1) is 14.5. The summed E-state index contributed by atoms with van der Waals surface area (Å²) in [6.45, 7) is 0.411. The summed E-state index contributed by atoms with van der Waals surface area (Å²) >= 11 is 11.6. The molecule has 0 aliphatic rings. The fourth-order valence-electron chi connectivity index (χ4n) is 1.74. The van der Waals surface area contributed by atoms with Crippen LogP contribution in [0.4, 0.5) is 11.5 Å². The smallest absolute Gasteiger partial charge is 0.329 e. The van der Waals surface area contributed by atoms with Gasteiger partial charge in [-0.2, -0.15) is 4.98 Å². The summed E-state index contributed by atoms with van der Waals surface area (Å²) in [6.07, 6.45) is 1.10. The molecular weight excluding hydrogens is 303 g/mol. The van der Waals surface area contributed by atoms with Gasteiger partial charge in [0.2, 0.25) is 11.1 Å². The van der Waals surface area contributed by atoms with Gasteiger partial charge in [0.05, 0.1) is 4.92 Å². The molecule has 8 heteroatoms. The fraction of sp³-hybridized carbons (Fsp3) is 0.167. The molecule has 0 spiro atoms. The van der Waals surface area contributed by atoms with Crippen LogP contribution in [0.5, 0.6) is 0 Å². The molecule has 0 radical (unpaired) electrons. The summed E-state index contributed by atoms with van der Waals surface area (Å²) in [7, 11) is 1.69. The van der Waals surface area contributed by atoms with Crippen molar-refractivity contribution in [1.29, 1.82) is 0 Å². The maximum atomic E-state index is 11.0. The van der Waals surface area contributed by atoms with E-state index in [1.807, 2.05) is 12.1 Å². The SMILES string of the molecule is CN(Cc1cccc(Cl)c1)c1nc(Cl)ncc1[N+](=O)[O-]. The van der Waals surface area contributed by atoms with E-state index >= 15 is 0 Å². The van der Waals surface area contributed by atoms with E-state index in [0.29, 0.717) is 11.6 Å². The summed E-state index contributed by atoms with van der Waals surface area (Å²) in [5.74, 6) is 0.162. The zero-order valence-corrected chi connectivity index (χ0v) is 12.0. The van der Waals surface area contributed by atoms with E-state index in [0.717, 1.165) is 11.8 Å². The number of aromatic nitrogens is 2. The first-order valence-electron chi connectivity index (χ1n) is 5.60. The zero-order valence-electron chi connectivity index (χ0n) is 10.5. The zero-order chi connectivity index (χ0) is 14.7. The van der Waals surface area contributed by atoms with Gasteiger partial charge in [-0.15, -0.1) is 0 Å². The molecule has 2 rings (SSSR count). The average Bonchev–Trinajstić information content (AvgIpc) is 2.38. The van der Waals surface area contributed by atoms with Crippen LogP contribution in [0.25, 0.3) is 0 Å². The van der Waals surface area contributed by atoms with Crippen LogP contribution in [0.3, 0.4) is 0 Å². The Balaban J connectivity index is 2.31. The van der Waals surface area contributed by atoms with E-state index in [4.69, 9.17) is 23.2 Å². The van der Waals surface area contributed by atoms with Gasteiger partial charge in [-0.25, -0.2) is 4.98 Å². The largest absolute Gasteiger partial charge is 0.349 e. The number of hydrogen-bond acceptors (Lipinski definition) is 5. The van der Waals surface area contributed by atoms with Gasteiger partial charge < -0.3 is 4.90 Å². The Morgan fingerprint density at radius 2 is 2.15 bits per heavy atom. The van der Waals surface area contributed by atoms with Gasteiger partial charge in [0.15, 0.2) is 0 Å². The topological polar surface area (TPSA) is 72.2 Å². The Bertz CT molecular complexity index is 651. The molecule has 0 saturated carbocycles. The molecule has 20 heavy (non-hydrogen) atoms. The van der Waals surface area contributed by atoms with Crippen molar-refractivity contribution in [2.24, 2.45) is 0 Å². The lowest BCUT2D eigenvalue weighted by atomic mass is 10.2. The maximum Gasteiger partial charge on any atom is 0.329 e. The Morgan fingerprint density at radius 3 is 2.80 bits per heavy atom. The lowest BCUT2D eigenvalue weighted by Gasteiger charge is -2.18. The summed E-state index contributed by atoms with van der Waals surface area (Å²) in [5.41, 5.74) is 0.711. The summed E-state index contributed by atoms with van der Waals surface area (Å²) in [5, 5.41) is 11.5. The molecule has 0 N–H and O–H groups in total. The molecule has 1 aromatic heterocycles. The fourth-order valence-corrected chi connectivity index (χ4v) is 2.08. The van der Waals surface area contributed by atoms with Gasteiger partial charge >= 0.3 is 5.69 Å². The second kappa shape index (κ2) is 6.02. The Kier molecular flexibility index (Phi) is 4.36. The molecular formula is C12H10Cl2N4O2. The number of halogens is 2. The number of nitrogens with zero attached hydrogens (tertiary/aromatic N) is 4. The molecule has 0 aliphatic carbocycles. The number of hydrogen-bond donors (Lipinski definition) is 0. The van der Waals surface area contributed by atoms with Crippen molar-refractivity contribution in [3.05, 3.63) is 56.4 Å². The normalized spacial score (nSPS) is 10.3. The summed E-state index contributed by atoms with van der Waals surface area (Å²) in [6, 6.07) is 7.23. The van der Waals surface area contributed by atoms with E-state index in [1.165, 1.54) is 0 Å². The maximum absolute atomic E-state index is 11.0. The van der Waals surface area contributed by atoms with Crippen LogP contribution in [0.2, 0.25) is 10.3 Å². The van der Waals surface area contributed by atoms with E-state index in [1.54, 1.807) is 24.1 Å². The van der Waals surface area contributed by atoms with Gasteiger partial charge in [-0.3, -0.25) is 10.1 Å². The van der Waals surface area contributed by atoms with E-state index < -0.39 is 4.92 Å². The number of rotatable bonds is 4. The van der Waals surface area contributed by atoms with E-state index in [9.17, 15) is 10.1 Å². The quantitative estimate of drug-likeness (QED) is 0.492. The Hall–Kier alpha value is -1.92. The minimum absolute atomic E-state index is 0.0384. The van der Waals surface area contributed by atoms with Crippen LogP contribution in [-0.4, -0.2) is 21.9 Å². The van der Waals surface area contributed by atoms with Crippen molar-refractivity contribution in [3.63, 3.8) is 0 Å². The molecule has 0 fully saturated rings. The highest BCUT2D eigenvalue weighted by atomic mass is 35.5. The molecule has 1 heterocycles. The molecule has 0 amide bonds. The van der Waals surface area contributed by atoms with Gasteiger partial charge in [0.25, 0.3) is 0 Å². The summed E-state index contributed by atoms with van der Waals surface area (Å²) in [4.78, 5) is 19.6. The van der Waals surface area contributed by atoms with Gasteiger partial charge in [0, 0.05) is 18.6 Å². The second-order valence-corrected chi connectivity index (χ2v) is 4.87. The van der Waals surface area contributed by atoms with Crippen molar-refractivity contribution in [1.82, 2.24) is 9.97 Å². The predicted octanol–water partition coefficient (Wildman–Crippen LogP) is 3.33. The van der Waals surface area contributed by atoms with Crippen LogP contribution in [0.15, 0.2) is 30.5 Å². The Labute approximate surface area is 125 Å². The number of nitro groups is 1. The standard InChI is InChI=1S/C12H10Cl2N4O2/c1-17(7-8-3-2-4-9(13)5-8)11-10(18(19)20)6-15-12(14)16-11/h2-6H,7H2,1H3. The van der Waals surface area contributed by atoms with Crippen LogP contribution in [-0.2, 0) is 6.54 Å². The van der Waals surface area contributed by atoms with Gasteiger partial charge in [0.1, 0.15) is 6.20 Å². The van der Waals surface area contributed by atoms with Crippen molar-refractivity contribution < 1.29 is 4.92 Å². The molecule has 6 nitrogen and oxygen atoms in total. The minimum Gasteiger partial charge on any atom is -0.349 e. The van der Waals surface area contributed by atoms with Crippen LogP contribution >= 0.6 is 23.2 Å². The number of anilines is 1. The predicted molar refractivity (Wildman–Crippen MR) is 77.3 cm³/mol. The monoisotopic (exact) mass is 312 g/mol. The molecule has 0 bridgehead atoms. The molecule has 1 aromatic carbocycles. The lowest BCUT2D eigenvalue weighted by molar-refractivity contribution is -0.384. The van der Waals surface area contributed by atoms with Crippen LogP contribution in [0.1, 0.15) is 5.56 Å². The highest BCUT2D eigenvalue weighted by molar-refractivity contribution is 6.30. The molecule has 0 atom stereocenters. The third-order valence-electron chi connectivity index (χ3n) is 2.59. The Morgan fingerprint density at radius 1 is 1.40 bits per heavy atom. The van der Waals surface area contributed by atoms with Crippen molar-refractivity contribution in [3.8, 4) is 0 Å². The highest BCUT2D eigenvalue weighted by Gasteiger charge is 2.20. The third-order valence-corrected chi connectivity index (χ3v) is 3.00. The van der Waals surface area contributed by atoms with E-state index in [2.05, 4.69) is 9.97 Å². The summed E-state index contributed by atoms with van der Waals surface area (Å²) < 4.78 is 0. The molecule has 0 saturated heterocycles. The van der Waals surface area contributed by atoms with E-state index in [-0.39, 0.29) is 16.8 Å². The molecule has 2 aromatic rings. The second-order valence-electron chi connectivity index (χ2n) is 4.09. The molecule has 0 aliphatic heterocycles. The van der Waals surface area contributed by atoms with Crippen LogP contribution < -0.4 is 4.90 Å². The molecule has 104 valence electrons. The highest BCUT2D eigenvalue weighted by Crippen LogP contribution is 2.26. The minimum atomic E-state index is -0.542. The lowest BCUT2D eigenvalue weighted by Crippen LogP contribution is -2.19. The third kappa shape index (κ3) is 3.34. The first-order chi connectivity index (χ1) is 9.47. The van der Waals surface area contributed by atoms with Crippen molar-refractivity contribution in [2.75, 3.05) is 11.9 Å². The van der Waals surface area contributed by atoms with Gasteiger partial charge in [-0.05, 0) is 29.3 Å².